The summed E-state index contributed by atoms with van der Waals surface area (Å²) in [5, 5.41) is 3.02. The van der Waals surface area contributed by atoms with Gasteiger partial charge in [0, 0.05) is 16.8 Å². The fourth-order valence-electron chi connectivity index (χ4n) is 2.47. The quantitative estimate of drug-likeness (QED) is 0.796. The fraction of sp³-hybridized carbons (Fsp3) is 0.316. The second kappa shape index (κ2) is 7.70. The van der Waals surface area contributed by atoms with E-state index in [9.17, 15) is 13.2 Å². The van der Waals surface area contributed by atoms with Crippen molar-refractivity contribution >= 4 is 21.6 Å². The summed E-state index contributed by atoms with van der Waals surface area (Å²) in [6.07, 6.45) is 0.716. The minimum absolute atomic E-state index is 0.00289. The van der Waals surface area contributed by atoms with Crippen molar-refractivity contribution in [2.24, 2.45) is 0 Å². The summed E-state index contributed by atoms with van der Waals surface area (Å²) in [4.78, 5) is 12.5. The van der Waals surface area contributed by atoms with E-state index in [1.165, 1.54) is 0 Å². The van der Waals surface area contributed by atoms with Gasteiger partial charge in [0.15, 0.2) is 0 Å². The number of hydrogen-bond donors (Lipinski definition) is 2. The van der Waals surface area contributed by atoms with Gasteiger partial charge < -0.3 is 5.32 Å². The van der Waals surface area contributed by atoms with Crippen LogP contribution in [0.4, 0.5) is 5.69 Å². The minimum atomic E-state index is -3.32. The maximum absolute atomic E-state index is 12.5. The van der Waals surface area contributed by atoms with Crippen LogP contribution in [-0.4, -0.2) is 25.6 Å². The molecule has 0 saturated heterocycles. The van der Waals surface area contributed by atoms with Crippen molar-refractivity contribution in [2.45, 2.75) is 32.7 Å². The molecule has 0 aliphatic carbocycles. The van der Waals surface area contributed by atoms with E-state index in [-0.39, 0.29) is 11.7 Å². The van der Waals surface area contributed by atoms with Crippen LogP contribution in [-0.2, 0) is 16.4 Å². The molecule has 25 heavy (non-hydrogen) atoms. The molecule has 0 aliphatic heterocycles. The Kier molecular flexibility index (Phi) is 5.85. The number of carbonyl (C=O) groups excluding carboxylic acids is 1. The van der Waals surface area contributed by atoms with Crippen LogP contribution in [0.5, 0.6) is 0 Å². The highest BCUT2D eigenvalue weighted by Gasteiger charge is 2.21. The highest BCUT2D eigenvalue weighted by atomic mass is 32.2. The van der Waals surface area contributed by atoms with E-state index >= 15 is 0 Å². The van der Waals surface area contributed by atoms with Crippen molar-refractivity contribution < 1.29 is 13.2 Å². The Morgan fingerprint density at radius 1 is 1.00 bits per heavy atom. The summed E-state index contributed by atoms with van der Waals surface area (Å²) in [5.41, 5.74) is 1.68. The first-order valence-electron chi connectivity index (χ1n) is 8.18. The van der Waals surface area contributed by atoms with Crippen LogP contribution in [0, 0.1) is 0 Å². The zero-order valence-corrected chi connectivity index (χ0v) is 15.6. The molecule has 2 aromatic rings. The summed E-state index contributed by atoms with van der Waals surface area (Å²) in [6.45, 7) is 5.52. The van der Waals surface area contributed by atoms with Gasteiger partial charge in [-0.1, -0.05) is 30.3 Å². The molecule has 5 nitrogen and oxygen atoms in total. The van der Waals surface area contributed by atoms with Gasteiger partial charge in [-0.25, -0.2) is 8.42 Å². The first-order valence-corrected chi connectivity index (χ1v) is 9.83. The summed E-state index contributed by atoms with van der Waals surface area (Å²) in [7, 11) is -3.32. The Labute approximate surface area is 149 Å². The number of anilines is 1. The van der Waals surface area contributed by atoms with E-state index < -0.39 is 15.6 Å². The third kappa shape index (κ3) is 5.90. The molecular weight excluding hydrogens is 336 g/mol. The van der Waals surface area contributed by atoms with Gasteiger partial charge in [-0.2, -0.15) is 0 Å². The Bertz CT molecular complexity index is 814. The van der Waals surface area contributed by atoms with Gasteiger partial charge in [-0.3, -0.25) is 9.52 Å². The molecule has 0 saturated carbocycles. The molecule has 0 unspecified atom stereocenters. The van der Waals surface area contributed by atoms with Gasteiger partial charge >= 0.3 is 0 Å². The largest absolute Gasteiger partial charge is 0.347 e. The summed E-state index contributed by atoms with van der Waals surface area (Å²) < 4.78 is 25.6. The average molecular weight is 360 g/mol. The number of nitrogens with one attached hydrogen (secondary N) is 2. The molecule has 6 heteroatoms. The zero-order valence-electron chi connectivity index (χ0n) is 14.7. The van der Waals surface area contributed by atoms with Gasteiger partial charge in [-0.05, 0) is 57.0 Å². The second-order valence-corrected chi connectivity index (χ2v) is 8.59. The predicted molar refractivity (Wildman–Crippen MR) is 101 cm³/mol. The van der Waals surface area contributed by atoms with Gasteiger partial charge in [0.1, 0.15) is 0 Å². The smallest absolute Gasteiger partial charge is 0.251 e. The van der Waals surface area contributed by atoms with E-state index in [0.29, 0.717) is 17.7 Å². The molecule has 0 aromatic heterocycles. The molecule has 0 bridgehead atoms. The first-order chi connectivity index (χ1) is 11.7. The number of rotatable bonds is 7. The van der Waals surface area contributed by atoms with Crippen LogP contribution in [0.1, 0.15) is 36.7 Å². The molecule has 0 heterocycles. The SMILES string of the molecule is CCS(=O)(=O)Nc1ccc(C(=O)NC(C)(C)Cc2ccccc2)cc1. The van der Waals surface area contributed by atoms with Crippen molar-refractivity contribution in [2.75, 3.05) is 10.5 Å². The summed E-state index contributed by atoms with van der Waals surface area (Å²) in [6, 6.07) is 16.4. The number of amides is 1. The third-order valence-corrected chi connectivity index (χ3v) is 5.05. The highest BCUT2D eigenvalue weighted by Crippen LogP contribution is 2.15. The van der Waals surface area contributed by atoms with Crippen molar-refractivity contribution in [1.29, 1.82) is 0 Å². The lowest BCUT2D eigenvalue weighted by molar-refractivity contribution is 0.0913. The van der Waals surface area contributed by atoms with Crippen molar-refractivity contribution in [3.8, 4) is 0 Å². The molecule has 0 radical (unpaired) electrons. The molecule has 134 valence electrons. The average Bonchev–Trinajstić information content (AvgIpc) is 2.55. The molecule has 2 N–H and O–H groups in total. The fourth-order valence-corrected chi connectivity index (χ4v) is 3.11. The van der Waals surface area contributed by atoms with E-state index in [2.05, 4.69) is 10.0 Å². The van der Waals surface area contributed by atoms with Gasteiger partial charge in [0.2, 0.25) is 10.0 Å². The number of sulfonamides is 1. The lowest BCUT2D eigenvalue weighted by Gasteiger charge is -2.26. The van der Waals surface area contributed by atoms with Crippen LogP contribution in [0.25, 0.3) is 0 Å². The van der Waals surface area contributed by atoms with Gasteiger partial charge in [-0.15, -0.1) is 0 Å². The molecule has 0 aliphatic rings. The maximum atomic E-state index is 12.5. The molecule has 0 fully saturated rings. The molecule has 2 aromatic carbocycles. The normalized spacial score (nSPS) is 11.8. The number of hydrogen-bond acceptors (Lipinski definition) is 3. The van der Waals surface area contributed by atoms with Crippen LogP contribution in [0.3, 0.4) is 0 Å². The molecule has 2 rings (SSSR count). The van der Waals surface area contributed by atoms with E-state index in [0.717, 1.165) is 5.56 Å². The molecule has 0 spiro atoms. The zero-order chi connectivity index (χ0) is 18.5. The predicted octanol–water partition coefficient (Wildman–Crippen LogP) is 3.20. The number of carbonyl (C=O) groups is 1. The van der Waals surface area contributed by atoms with Gasteiger partial charge in [0.05, 0.1) is 5.75 Å². The van der Waals surface area contributed by atoms with Crippen LogP contribution in [0.2, 0.25) is 0 Å². The number of benzene rings is 2. The maximum Gasteiger partial charge on any atom is 0.251 e. The Hall–Kier alpha value is -2.34. The molecular formula is C19H24N2O3S. The Morgan fingerprint density at radius 3 is 2.16 bits per heavy atom. The summed E-state index contributed by atoms with van der Waals surface area (Å²) >= 11 is 0. The van der Waals surface area contributed by atoms with Crippen molar-refractivity contribution in [3.63, 3.8) is 0 Å². The summed E-state index contributed by atoms with van der Waals surface area (Å²) in [5.74, 6) is -0.186. The minimum Gasteiger partial charge on any atom is -0.347 e. The molecule has 1 amide bonds. The first kappa shape index (κ1) is 19.0. The van der Waals surface area contributed by atoms with Crippen LogP contribution >= 0.6 is 0 Å². The van der Waals surface area contributed by atoms with Crippen LogP contribution < -0.4 is 10.0 Å². The topological polar surface area (TPSA) is 75.3 Å². The van der Waals surface area contributed by atoms with Crippen molar-refractivity contribution in [3.05, 3.63) is 65.7 Å². The van der Waals surface area contributed by atoms with Gasteiger partial charge in [0.25, 0.3) is 5.91 Å². The lowest BCUT2D eigenvalue weighted by atomic mass is 9.94. The third-order valence-electron chi connectivity index (χ3n) is 3.74. The van der Waals surface area contributed by atoms with E-state index in [1.54, 1.807) is 31.2 Å². The van der Waals surface area contributed by atoms with Crippen molar-refractivity contribution in [1.82, 2.24) is 5.32 Å². The standard InChI is InChI=1S/C19H24N2O3S/c1-4-25(23,24)21-17-12-10-16(11-13-17)18(22)20-19(2,3)14-15-8-6-5-7-9-15/h5-13,21H,4,14H2,1-3H3,(H,20,22). The highest BCUT2D eigenvalue weighted by molar-refractivity contribution is 7.92. The Balaban J connectivity index is 2.02. The monoisotopic (exact) mass is 360 g/mol. The Morgan fingerprint density at radius 2 is 1.60 bits per heavy atom. The van der Waals surface area contributed by atoms with E-state index in [1.807, 2.05) is 44.2 Å². The van der Waals surface area contributed by atoms with Crippen LogP contribution in [0.15, 0.2) is 54.6 Å². The lowest BCUT2D eigenvalue weighted by Crippen LogP contribution is -2.45. The molecule has 0 atom stereocenters. The van der Waals surface area contributed by atoms with E-state index in [4.69, 9.17) is 0 Å². The second-order valence-electron chi connectivity index (χ2n) is 6.58.